The molecule has 0 aliphatic heterocycles. The Morgan fingerprint density at radius 3 is 1.20 bits per heavy atom. The summed E-state index contributed by atoms with van der Waals surface area (Å²) in [6.07, 6.45) is -9.45. The molecule has 25 heavy (non-hydrogen) atoms. The zero-order valence-corrected chi connectivity index (χ0v) is 13.3. The molecule has 0 atom stereocenters. The van der Waals surface area contributed by atoms with Crippen LogP contribution in [0, 0.1) is 0 Å². The van der Waals surface area contributed by atoms with Crippen molar-refractivity contribution < 1.29 is 35.8 Å². The van der Waals surface area contributed by atoms with Gasteiger partial charge in [0.25, 0.3) is 0 Å². The van der Waals surface area contributed by atoms with Crippen molar-refractivity contribution in [3.63, 3.8) is 0 Å². The van der Waals surface area contributed by atoms with Crippen LogP contribution in [-0.4, -0.2) is 12.7 Å². The SMILES string of the molecule is FC(F)(F)Oc1ccc(CSCc2ccc(OC(F)(F)F)cc2)cc1. The molecule has 0 N–H and O–H groups in total. The fourth-order valence-electron chi connectivity index (χ4n) is 1.86. The van der Waals surface area contributed by atoms with E-state index < -0.39 is 12.7 Å². The molecular weight excluding hydrogens is 370 g/mol. The maximum atomic E-state index is 12.1. The second-order valence-corrected chi connectivity index (χ2v) is 5.86. The van der Waals surface area contributed by atoms with Crippen LogP contribution in [0.1, 0.15) is 11.1 Å². The standard InChI is InChI=1S/C16H12F6O2S/c17-15(18,19)23-13-5-1-11(2-6-13)9-25-10-12-3-7-14(8-4-12)24-16(20,21)22/h1-8H,9-10H2. The van der Waals surface area contributed by atoms with Crippen molar-refractivity contribution in [1.82, 2.24) is 0 Å². The minimum Gasteiger partial charge on any atom is -0.406 e. The predicted molar refractivity (Wildman–Crippen MR) is 81.2 cm³/mol. The van der Waals surface area contributed by atoms with Crippen LogP contribution in [0.3, 0.4) is 0 Å². The Hall–Kier alpha value is -2.03. The molecule has 0 fully saturated rings. The van der Waals surface area contributed by atoms with Gasteiger partial charge in [-0.3, -0.25) is 0 Å². The van der Waals surface area contributed by atoms with Crippen molar-refractivity contribution in [3.8, 4) is 11.5 Å². The monoisotopic (exact) mass is 382 g/mol. The average molecular weight is 382 g/mol. The van der Waals surface area contributed by atoms with Crippen molar-refractivity contribution in [2.75, 3.05) is 0 Å². The number of ether oxygens (including phenoxy) is 2. The Bertz CT molecular complexity index is 606. The van der Waals surface area contributed by atoms with E-state index in [2.05, 4.69) is 9.47 Å². The molecule has 2 nitrogen and oxygen atoms in total. The van der Waals surface area contributed by atoms with Crippen molar-refractivity contribution in [2.24, 2.45) is 0 Å². The Balaban J connectivity index is 1.80. The Morgan fingerprint density at radius 1 is 0.600 bits per heavy atom. The lowest BCUT2D eigenvalue weighted by atomic mass is 10.2. The van der Waals surface area contributed by atoms with E-state index in [1.165, 1.54) is 60.3 Å². The van der Waals surface area contributed by atoms with E-state index in [-0.39, 0.29) is 11.5 Å². The van der Waals surface area contributed by atoms with Crippen LogP contribution in [0.4, 0.5) is 26.3 Å². The van der Waals surface area contributed by atoms with Gasteiger partial charge in [0.15, 0.2) is 0 Å². The average Bonchev–Trinajstić information content (AvgIpc) is 2.48. The van der Waals surface area contributed by atoms with Crippen LogP contribution >= 0.6 is 11.8 Å². The molecule has 9 heteroatoms. The minimum absolute atomic E-state index is 0.290. The van der Waals surface area contributed by atoms with Gasteiger partial charge in [0.2, 0.25) is 0 Å². The number of hydrogen-bond donors (Lipinski definition) is 0. The summed E-state index contributed by atoms with van der Waals surface area (Å²) in [5, 5.41) is 0. The topological polar surface area (TPSA) is 18.5 Å². The molecular formula is C16H12F6O2S. The van der Waals surface area contributed by atoms with Gasteiger partial charge in [0, 0.05) is 11.5 Å². The molecule has 0 saturated heterocycles. The summed E-state index contributed by atoms with van der Waals surface area (Å²) in [6, 6.07) is 11.0. The molecule has 0 amide bonds. The van der Waals surface area contributed by atoms with Crippen LogP contribution in [0.5, 0.6) is 11.5 Å². The molecule has 0 bridgehead atoms. The summed E-state index contributed by atoms with van der Waals surface area (Å²) < 4.78 is 79.9. The number of hydrogen-bond acceptors (Lipinski definition) is 3. The largest absolute Gasteiger partial charge is 0.573 e. The first-order chi connectivity index (χ1) is 11.6. The van der Waals surface area contributed by atoms with Gasteiger partial charge in [-0.15, -0.1) is 26.3 Å². The van der Waals surface area contributed by atoms with E-state index in [9.17, 15) is 26.3 Å². The first-order valence-electron chi connectivity index (χ1n) is 6.88. The highest BCUT2D eigenvalue weighted by Crippen LogP contribution is 2.26. The van der Waals surface area contributed by atoms with Gasteiger partial charge >= 0.3 is 12.7 Å². The van der Waals surface area contributed by atoms with Crippen LogP contribution < -0.4 is 9.47 Å². The van der Waals surface area contributed by atoms with E-state index in [4.69, 9.17) is 0 Å². The van der Waals surface area contributed by atoms with Crippen LogP contribution in [0.2, 0.25) is 0 Å². The number of rotatable bonds is 6. The van der Waals surface area contributed by atoms with E-state index in [1.54, 1.807) is 0 Å². The third-order valence-electron chi connectivity index (χ3n) is 2.85. The maximum absolute atomic E-state index is 12.1. The van der Waals surface area contributed by atoms with Crippen LogP contribution in [0.15, 0.2) is 48.5 Å². The van der Waals surface area contributed by atoms with Crippen molar-refractivity contribution >= 4 is 11.8 Å². The number of benzene rings is 2. The van der Waals surface area contributed by atoms with Gasteiger partial charge in [-0.2, -0.15) is 11.8 Å². The van der Waals surface area contributed by atoms with E-state index in [0.29, 0.717) is 11.5 Å². The molecule has 0 aliphatic rings. The maximum Gasteiger partial charge on any atom is 0.573 e. The number of halogens is 6. The molecule has 0 aliphatic carbocycles. The van der Waals surface area contributed by atoms with Crippen molar-refractivity contribution in [2.45, 2.75) is 24.2 Å². The van der Waals surface area contributed by atoms with Gasteiger partial charge < -0.3 is 9.47 Å². The molecule has 2 rings (SSSR count). The van der Waals surface area contributed by atoms with Crippen molar-refractivity contribution in [1.29, 1.82) is 0 Å². The van der Waals surface area contributed by atoms with Gasteiger partial charge in [-0.1, -0.05) is 24.3 Å². The lowest BCUT2D eigenvalue weighted by Gasteiger charge is -2.10. The number of thioether (sulfide) groups is 1. The highest BCUT2D eigenvalue weighted by atomic mass is 32.2. The summed E-state index contributed by atoms with van der Waals surface area (Å²) in [6.45, 7) is 0. The highest BCUT2D eigenvalue weighted by molar-refractivity contribution is 7.97. The second kappa shape index (κ2) is 7.90. The Morgan fingerprint density at radius 2 is 0.920 bits per heavy atom. The highest BCUT2D eigenvalue weighted by Gasteiger charge is 2.31. The van der Waals surface area contributed by atoms with Crippen molar-refractivity contribution in [3.05, 3.63) is 59.7 Å². The van der Waals surface area contributed by atoms with E-state index in [1.807, 2.05) is 0 Å². The molecule has 0 spiro atoms. The second-order valence-electron chi connectivity index (χ2n) is 4.88. The molecule has 0 radical (unpaired) electrons. The van der Waals surface area contributed by atoms with Gasteiger partial charge in [0.05, 0.1) is 0 Å². The quantitative estimate of drug-likeness (QED) is 0.578. The summed E-state index contributed by atoms with van der Waals surface area (Å²) in [5.41, 5.74) is 1.60. The molecule has 2 aromatic carbocycles. The van der Waals surface area contributed by atoms with E-state index in [0.717, 1.165) is 11.1 Å². The zero-order chi connectivity index (χ0) is 18.5. The van der Waals surface area contributed by atoms with Crippen LogP contribution in [0.25, 0.3) is 0 Å². The Kier molecular flexibility index (Phi) is 6.10. The summed E-state index contributed by atoms with van der Waals surface area (Å²) in [4.78, 5) is 0. The van der Waals surface area contributed by atoms with Gasteiger partial charge in [0.1, 0.15) is 11.5 Å². The summed E-state index contributed by atoms with van der Waals surface area (Å²) >= 11 is 1.47. The predicted octanol–water partition coefficient (Wildman–Crippen LogP) is 5.92. The molecule has 2 aromatic rings. The lowest BCUT2D eigenvalue weighted by Crippen LogP contribution is -2.17. The summed E-state index contributed by atoms with van der Waals surface area (Å²) in [5.74, 6) is 0.489. The fourth-order valence-corrected chi connectivity index (χ4v) is 2.82. The van der Waals surface area contributed by atoms with E-state index >= 15 is 0 Å². The minimum atomic E-state index is -4.72. The normalized spacial score (nSPS) is 12.1. The first kappa shape index (κ1) is 19.3. The molecule has 0 saturated carbocycles. The lowest BCUT2D eigenvalue weighted by molar-refractivity contribution is -0.275. The molecule has 0 aromatic heterocycles. The number of alkyl halides is 6. The zero-order valence-electron chi connectivity index (χ0n) is 12.5. The van der Waals surface area contributed by atoms with Gasteiger partial charge in [-0.05, 0) is 35.4 Å². The van der Waals surface area contributed by atoms with Gasteiger partial charge in [-0.25, -0.2) is 0 Å². The fraction of sp³-hybridized carbons (Fsp3) is 0.250. The first-order valence-corrected chi connectivity index (χ1v) is 8.03. The smallest absolute Gasteiger partial charge is 0.406 e. The van der Waals surface area contributed by atoms with Crippen LogP contribution in [-0.2, 0) is 11.5 Å². The third kappa shape index (κ3) is 7.59. The molecule has 0 unspecified atom stereocenters. The summed E-state index contributed by atoms with van der Waals surface area (Å²) in [7, 11) is 0. The Labute approximate surface area is 143 Å². The molecule has 0 heterocycles. The third-order valence-corrected chi connectivity index (χ3v) is 3.93. The molecule has 136 valence electrons.